The third-order valence-corrected chi connectivity index (χ3v) is 6.47. The predicted molar refractivity (Wildman–Crippen MR) is 233 cm³/mol. The minimum absolute atomic E-state index is 0.500. The van der Waals surface area contributed by atoms with Gasteiger partial charge >= 0.3 is 0 Å². The molecule has 0 radical (unpaired) electrons. The van der Waals surface area contributed by atoms with Crippen LogP contribution in [0.15, 0.2) is 97.1 Å². The molecule has 0 aliphatic heterocycles. The summed E-state index contributed by atoms with van der Waals surface area (Å²) in [4.78, 5) is 1.97. The third kappa shape index (κ3) is 23.8. The maximum absolute atomic E-state index is 9.50. The highest BCUT2D eigenvalue weighted by Gasteiger charge is 2.02. The van der Waals surface area contributed by atoms with Gasteiger partial charge in [-0.05, 0) is 81.0 Å². The monoisotopic (exact) mass is 860 g/mol. The Kier molecular flexibility index (Phi) is 37.5. The van der Waals surface area contributed by atoms with Crippen LogP contribution >= 0.6 is 50.1 Å². The van der Waals surface area contributed by atoms with Gasteiger partial charge in [0.25, 0.3) is 0 Å². The van der Waals surface area contributed by atoms with E-state index in [1.165, 1.54) is 28.6 Å². The number of nitrogens with two attached hydrogens (primary N) is 4. The fourth-order valence-corrected chi connectivity index (χ4v) is 4.15. The van der Waals surface area contributed by atoms with Crippen molar-refractivity contribution in [2.45, 2.75) is 79.1 Å². The van der Waals surface area contributed by atoms with Crippen LogP contribution in [0, 0.1) is 0 Å². The van der Waals surface area contributed by atoms with E-state index in [2.05, 4.69) is 130 Å². The molecule has 4 nitrogen and oxygen atoms in total. The van der Waals surface area contributed by atoms with E-state index in [1.807, 2.05) is 83.6 Å². The minimum Gasteiger partial charge on any atom is -0.398 e. The summed E-state index contributed by atoms with van der Waals surface area (Å²) in [5.41, 5.74) is 31.4. The predicted octanol–water partition coefficient (Wildman–Crippen LogP) is 13.1. The Balaban J connectivity index is -0.000000251. The van der Waals surface area contributed by atoms with E-state index in [0.717, 1.165) is 22.7 Å². The van der Waals surface area contributed by atoms with Crippen LogP contribution in [0.1, 0.15) is 101 Å². The molecule has 0 spiro atoms. The van der Waals surface area contributed by atoms with Crippen molar-refractivity contribution in [2.24, 2.45) is 0 Å². The van der Waals surface area contributed by atoms with Gasteiger partial charge in [0.1, 0.15) is 0 Å². The van der Waals surface area contributed by atoms with Crippen molar-refractivity contribution in [3.8, 4) is 0 Å². The fourth-order valence-electron chi connectivity index (χ4n) is 4.15. The maximum Gasteiger partial charge on any atom is 0.0785 e. The van der Waals surface area contributed by atoms with E-state index >= 15 is 0 Å². The first-order chi connectivity index (χ1) is 22.9. The van der Waals surface area contributed by atoms with Gasteiger partial charge in [0.05, 0.1) is 7.18 Å². The summed E-state index contributed by atoms with van der Waals surface area (Å²) in [6.45, 7) is 17.2. The molecule has 0 fully saturated rings. The van der Waals surface area contributed by atoms with Crippen molar-refractivity contribution < 1.29 is 4.39 Å². The zero-order valence-corrected chi connectivity index (χ0v) is 35.9. The molecule has 0 saturated carbocycles. The Hall–Kier alpha value is -2.49. The molecule has 4 aromatic rings. The van der Waals surface area contributed by atoms with E-state index < -0.39 is 0 Å². The second kappa shape index (κ2) is 34.4. The molecule has 0 amide bonds. The first-order valence-corrected chi connectivity index (χ1v) is 20.2. The number of halogens is 4. The first-order valence-electron chi connectivity index (χ1n) is 15.7. The summed E-state index contributed by atoms with van der Waals surface area (Å²) in [6, 6.07) is 32.0. The molecule has 272 valence electrons. The van der Waals surface area contributed by atoms with Gasteiger partial charge in [-0.15, -0.1) is 11.6 Å². The lowest BCUT2D eigenvalue weighted by molar-refractivity contribution is 0.636. The zero-order chi connectivity index (χ0) is 38.2. The molecule has 8 heteroatoms. The number of para-hydroxylation sites is 4. The summed E-state index contributed by atoms with van der Waals surface area (Å²) >= 11 is 9.73. The highest BCUT2D eigenvalue weighted by atomic mass is 127. The molecule has 0 aromatic heterocycles. The highest BCUT2D eigenvalue weighted by Crippen LogP contribution is 2.22. The molecule has 4 aromatic carbocycles. The van der Waals surface area contributed by atoms with E-state index in [-0.39, 0.29) is 0 Å². The summed E-state index contributed by atoms with van der Waals surface area (Å²) in [5, 5.41) is 0. The average Bonchev–Trinajstić information content (AvgIpc) is 3.09. The van der Waals surface area contributed by atoms with E-state index in [9.17, 15) is 4.39 Å². The number of nitrogen functional groups attached to an aromatic ring is 4. The molecule has 8 N–H and O–H groups in total. The number of hydrogen-bond donors (Lipinski definition) is 4. The van der Waals surface area contributed by atoms with Crippen LogP contribution in [-0.2, 0) is 0 Å². The Morgan fingerprint density at radius 1 is 0.417 bits per heavy atom. The summed E-state index contributed by atoms with van der Waals surface area (Å²) < 4.78 is 9.50. The highest BCUT2D eigenvalue weighted by molar-refractivity contribution is 14.1. The van der Waals surface area contributed by atoms with Crippen molar-refractivity contribution in [3.63, 3.8) is 0 Å². The molecule has 0 atom stereocenters. The zero-order valence-electron chi connectivity index (χ0n) is 31.4. The Labute approximate surface area is 320 Å². The van der Waals surface area contributed by atoms with Gasteiger partial charge in [0, 0.05) is 29.1 Å². The second-order valence-electron chi connectivity index (χ2n) is 11.1. The van der Waals surface area contributed by atoms with Gasteiger partial charge in [-0.25, -0.2) is 0 Å². The van der Waals surface area contributed by atoms with Gasteiger partial charge < -0.3 is 22.9 Å². The lowest BCUT2D eigenvalue weighted by Crippen LogP contribution is -1.94. The lowest BCUT2D eigenvalue weighted by Gasteiger charge is -2.07. The van der Waals surface area contributed by atoms with Crippen LogP contribution in [0.3, 0.4) is 0 Å². The van der Waals surface area contributed by atoms with Crippen LogP contribution < -0.4 is 22.9 Å². The van der Waals surface area contributed by atoms with E-state index in [4.69, 9.17) is 22.9 Å². The Bertz CT molecular complexity index is 1090. The van der Waals surface area contributed by atoms with Gasteiger partial charge in [-0.2, -0.15) is 0 Å². The van der Waals surface area contributed by atoms with Crippen molar-refractivity contribution in [1.82, 2.24) is 0 Å². The standard InChI is InChI=1S/4C9H13N.CH3Br.CH3Cl.CH3F.CH3I/c4*1-7(2)8-5-3-4-6-9(8)10;4*1-2/h4*3-7H,10H2,1-2H3;4*1H3. The van der Waals surface area contributed by atoms with Crippen LogP contribution in [0.2, 0.25) is 0 Å². The van der Waals surface area contributed by atoms with Crippen LogP contribution in [0.25, 0.3) is 0 Å². The molecule has 0 saturated heterocycles. The third-order valence-electron chi connectivity index (χ3n) is 6.47. The van der Waals surface area contributed by atoms with Gasteiger partial charge in [-0.1, -0.05) is 167 Å². The minimum atomic E-state index is 0.500. The van der Waals surface area contributed by atoms with Crippen molar-refractivity contribution in [1.29, 1.82) is 0 Å². The molecule has 0 aliphatic carbocycles. The first kappa shape index (κ1) is 52.3. The van der Waals surface area contributed by atoms with E-state index in [1.54, 1.807) is 0 Å². The summed E-state index contributed by atoms with van der Waals surface area (Å²) in [7, 11) is 0.500. The Morgan fingerprint density at radius 2 is 0.542 bits per heavy atom. The van der Waals surface area contributed by atoms with Crippen molar-refractivity contribution >= 4 is 72.9 Å². The molecule has 0 bridgehead atoms. The molecular formula is C40H64BrClFIN4. The summed E-state index contributed by atoms with van der Waals surface area (Å²) in [6.07, 6.45) is 1.47. The molecule has 48 heavy (non-hydrogen) atoms. The van der Waals surface area contributed by atoms with Crippen LogP contribution in [0.5, 0.6) is 0 Å². The normalized spacial score (nSPS) is 9.08. The maximum atomic E-state index is 9.50. The number of anilines is 4. The molecule has 0 aliphatic rings. The van der Waals surface area contributed by atoms with Gasteiger partial charge in [0.15, 0.2) is 0 Å². The van der Waals surface area contributed by atoms with E-state index in [0.29, 0.717) is 30.8 Å². The summed E-state index contributed by atoms with van der Waals surface area (Å²) in [5.74, 6) is 3.93. The van der Waals surface area contributed by atoms with Crippen molar-refractivity contribution in [3.05, 3.63) is 119 Å². The SMILES string of the molecule is CBr.CC(C)c1ccccc1N.CC(C)c1ccccc1N.CC(C)c1ccccc1N.CC(C)c1ccccc1N.CCl.CF.CI. The molecule has 0 heterocycles. The van der Waals surface area contributed by atoms with Gasteiger partial charge in [0.2, 0.25) is 0 Å². The fraction of sp³-hybridized carbons (Fsp3) is 0.400. The van der Waals surface area contributed by atoms with Crippen LogP contribution in [0.4, 0.5) is 27.1 Å². The average molecular weight is 862 g/mol. The topological polar surface area (TPSA) is 104 Å². The Morgan fingerprint density at radius 3 is 0.625 bits per heavy atom. The number of alkyl halides is 4. The number of rotatable bonds is 4. The molecular weight excluding hydrogens is 798 g/mol. The lowest BCUT2D eigenvalue weighted by atomic mass is 10.0. The molecule has 4 rings (SSSR count). The van der Waals surface area contributed by atoms with Crippen LogP contribution in [-0.4, -0.2) is 24.3 Å². The second-order valence-corrected chi connectivity index (χ2v) is 11.1. The largest absolute Gasteiger partial charge is 0.398 e. The van der Waals surface area contributed by atoms with Gasteiger partial charge in [-0.3, -0.25) is 4.39 Å². The smallest absolute Gasteiger partial charge is 0.0785 e. The number of hydrogen-bond acceptors (Lipinski definition) is 4. The number of benzene rings is 4. The molecule has 0 unspecified atom stereocenters. The van der Waals surface area contributed by atoms with Crippen molar-refractivity contribution in [2.75, 3.05) is 47.3 Å². The quantitative estimate of drug-likeness (QED) is 0.0932.